The SMILES string of the molecule is O=C(O)[C@H]1CC[C@@H](C(=O)Nc2cccc(Cl)c2Br)C1. The summed E-state index contributed by atoms with van der Waals surface area (Å²) in [6.07, 6.45) is 1.57. The molecule has 6 heteroatoms. The van der Waals surface area contributed by atoms with Crippen molar-refractivity contribution in [3.8, 4) is 0 Å². The second-order valence-electron chi connectivity index (χ2n) is 4.64. The van der Waals surface area contributed by atoms with Crippen molar-refractivity contribution in [1.29, 1.82) is 0 Å². The number of carboxylic acids is 1. The zero-order valence-electron chi connectivity index (χ0n) is 10.0. The molecule has 1 aromatic carbocycles. The smallest absolute Gasteiger partial charge is 0.306 e. The predicted molar refractivity (Wildman–Crippen MR) is 76.2 cm³/mol. The van der Waals surface area contributed by atoms with E-state index in [1.165, 1.54) is 0 Å². The molecular formula is C13H13BrClNO3. The Bertz CT molecular complexity index is 521. The second kappa shape index (κ2) is 5.92. The van der Waals surface area contributed by atoms with E-state index in [1.807, 2.05) is 0 Å². The summed E-state index contributed by atoms with van der Waals surface area (Å²) in [7, 11) is 0. The average molecular weight is 347 g/mol. The summed E-state index contributed by atoms with van der Waals surface area (Å²) in [5.74, 6) is -1.61. The minimum atomic E-state index is -0.820. The van der Waals surface area contributed by atoms with Crippen molar-refractivity contribution >= 4 is 45.1 Å². The first-order valence-corrected chi connectivity index (χ1v) is 7.14. The standard InChI is InChI=1S/C13H13BrClNO3/c14-11-9(15)2-1-3-10(11)16-12(17)7-4-5-8(6-7)13(18)19/h1-3,7-8H,4-6H2,(H,16,17)(H,18,19)/t7-,8+/m1/s1. The van der Waals surface area contributed by atoms with Crippen LogP contribution in [0, 0.1) is 11.8 Å². The Morgan fingerprint density at radius 2 is 2.00 bits per heavy atom. The van der Waals surface area contributed by atoms with E-state index in [0.29, 0.717) is 34.4 Å². The molecule has 0 aliphatic heterocycles. The fraction of sp³-hybridized carbons (Fsp3) is 0.385. The van der Waals surface area contributed by atoms with Crippen LogP contribution in [0.1, 0.15) is 19.3 Å². The highest BCUT2D eigenvalue weighted by molar-refractivity contribution is 9.10. The van der Waals surface area contributed by atoms with Crippen molar-refractivity contribution in [2.24, 2.45) is 11.8 Å². The summed E-state index contributed by atoms with van der Waals surface area (Å²) in [6, 6.07) is 5.21. The number of aliphatic carboxylic acids is 1. The van der Waals surface area contributed by atoms with Crippen LogP contribution in [0.5, 0.6) is 0 Å². The van der Waals surface area contributed by atoms with Gasteiger partial charge >= 0.3 is 5.97 Å². The van der Waals surface area contributed by atoms with Gasteiger partial charge in [-0.1, -0.05) is 17.7 Å². The van der Waals surface area contributed by atoms with E-state index in [4.69, 9.17) is 16.7 Å². The first-order valence-electron chi connectivity index (χ1n) is 5.96. The summed E-state index contributed by atoms with van der Waals surface area (Å²) in [5.41, 5.74) is 0.608. The van der Waals surface area contributed by atoms with Crippen LogP contribution < -0.4 is 5.32 Å². The third kappa shape index (κ3) is 3.28. The lowest BCUT2D eigenvalue weighted by Crippen LogP contribution is -2.21. The van der Waals surface area contributed by atoms with Gasteiger partial charge in [0.1, 0.15) is 0 Å². The van der Waals surface area contributed by atoms with Gasteiger partial charge in [-0.15, -0.1) is 0 Å². The van der Waals surface area contributed by atoms with E-state index in [0.717, 1.165) is 0 Å². The summed E-state index contributed by atoms with van der Waals surface area (Å²) in [5, 5.41) is 12.2. The van der Waals surface area contributed by atoms with E-state index in [-0.39, 0.29) is 11.8 Å². The van der Waals surface area contributed by atoms with Crippen LogP contribution in [-0.2, 0) is 9.59 Å². The number of amides is 1. The van der Waals surface area contributed by atoms with E-state index >= 15 is 0 Å². The van der Waals surface area contributed by atoms with Crippen LogP contribution in [0.15, 0.2) is 22.7 Å². The van der Waals surface area contributed by atoms with Crippen molar-refractivity contribution < 1.29 is 14.7 Å². The van der Waals surface area contributed by atoms with Crippen LogP contribution >= 0.6 is 27.5 Å². The molecule has 1 aliphatic carbocycles. The molecule has 0 radical (unpaired) electrons. The highest BCUT2D eigenvalue weighted by Gasteiger charge is 2.33. The monoisotopic (exact) mass is 345 g/mol. The molecule has 1 aliphatic rings. The number of carbonyl (C=O) groups excluding carboxylic acids is 1. The van der Waals surface area contributed by atoms with E-state index in [1.54, 1.807) is 18.2 Å². The van der Waals surface area contributed by atoms with Crippen molar-refractivity contribution in [3.05, 3.63) is 27.7 Å². The van der Waals surface area contributed by atoms with Crippen molar-refractivity contribution in [2.45, 2.75) is 19.3 Å². The van der Waals surface area contributed by atoms with Crippen LogP contribution in [0.3, 0.4) is 0 Å². The van der Waals surface area contributed by atoms with Gasteiger partial charge < -0.3 is 10.4 Å². The number of nitrogens with one attached hydrogen (secondary N) is 1. The molecular weight excluding hydrogens is 334 g/mol. The van der Waals surface area contributed by atoms with Gasteiger partial charge in [0.05, 0.1) is 21.1 Å². The lowest BCUT2D eigenvalue weighted by Gasteiger charge is -2.12. The van der Waals surface area contributed by atoms with E-state index < -0.39 is 11.9 Å². The Labute approximate surface area is 124 Å². The summed E-state index contributed by atoms with van der Waals surface area (Å²) < 4.78 is 0.637. The van der Waals surface area contributed by atoms with Crippen LogP contribution in [0.4, 0.5) is 5.69 Å². The molecule has 2 N–H and O–H groups in total. The maximum absolute atomic E-state index is 12.1. The molecule has 0 saturated heterocycles. The number of halogens is 2. The molecule has 0 unspecified atom stereocenters. The molecule has 1 saturated carbocycles. The number of carbonyl (C=O) groups is 2. The molecule has 102 valence electrons. The van der Waals surface area contributed by atoms with Gasteiger partial charge in [0.25, 0.3) is 0 Å². The molecule has 2 atom stereocenters. The predicted octanol–water partition coefficient (Wildman–Crippen LogP) is 3.54. The number of benzene rings is 1. The Morgan fingerprint density at radius 1 is 1.32 bits per heavy atom. The largest absolute Gasteiger partial charge is 0.481 e. The second-order valence-corrected chi connectivity index (χ2v) is 5.84. The molecule has 0 spiro atoms. The first kappa shape index (κ1) is 14.3. The van der Waals surface area contributed by atoms with Gasteiger partial charge in [0.2, 0.25) is 5.91 Å². The Hall–Kier alpha value is -1.07. The first-order chi connectivity index (χ1) is 8.99. The van der Waals surface area contributed by atoms with Crippen molar-refractivity contribution in [3.63, 3.8) is 0 Å². The Morgan fingerprint density at radius 3 is 2.63 bits per heavy atom. The van der Waals surface area contributed by atoms with Crippen LogP contribution in [-0.4, -0.2) is 17.0 Å². The number of hydrogen-bond acceptors (Lipinski definition) is 2. The molecule has 19 heavy (non-hydrogen) atoms. The summed E-state index contributed by atoms with van der Waals surface area (Å²) in [4.78, 5) is 22.9. The lowest BCUT2D eigenvalue weighted by atomic mass is 10.0. The van der Waals surface area contributed by atoms with Gasteiger partial charge in [-0.05, 0) is 47.3 Å². The normalized spacial score (nSPS) is 22.2. The minimum absolute atomic E-state index is 0.147. The highest BCUT2D eigenvalue weighted by Crippen LogP contribution is 2.34. The summed E-state index contributed by atoms with van der Waals surface area (Å²) in [6.45, 7) is 0. The van der Waals surface area contributed by atoms with E-state index in [2.05, 4.69) is 21.2 Å². The summed E-state index contributed by atoms with van der Waals surface area (Å²) >= 11 is 9.26. The maximum Gasteiger partial charge on any atom is 0.306 e. The molecule has 2 rings (SSSR count). The fourth-order valence-electron chi connectivity index (χ4n) is 2.28. The highest BCUT2D eigenvalue weighted by atomic mass is 79.9. The molecule has 0 heterocycles. The van der Waals surface area contributed by atoms with Gasteiger partial charge in [-0.25, -0.2) is 0 Å². The molecule has 0 bridgehead atoms. The van der Waals surface area contributed by atoms with Gasteiger partial charge in [-0.2, -0.15) is 0 Å². The number of carboxylic acid groups (broad SMARTS) is 1. The fourth-order valence-corrected chi connectivity index (χ4v) is 2.82. The lowest BCUT2D eigenvalue weighted by molar-refractivity contribution is -0.141. The van der Waals surface area contributed by atoms with Crippen molar-refractivity contribution in [2.75, 3.05) is 5.32 Å². The molecule has 0 aromatic heterocycles. The Balaban J connectivity index is 2.02. The van der Waals surface area contributed by atoms with Gasteiger partial charge in [0, 0.05) is 5.92 Å². The zero-order chi connectivity index (χ0) is 14.0. The molecule has 1 fully saturated rings. The molecule has 1 amide bonds. The quantitative estimate of drug-likeness (QED) is 0.879. The number of rotatable bonds is 3. The zero-order valence-corrected chi connectivity index (χ0v) is 12.4. The topological polar surface area (TPSA) is 66.4 Å². The Kier molecular flexibility index (Phi) is 4.47. The third-order valence-electron chi connectivity index (χ3n) is 3.36. The maximum atomic E-state index is 12.1. The van der Waals surface area contributed by atoms with Gasteiger partial charge in [0.15, 0.2) is 0 Å². The van der Waals surface area contributed by atoms with Gasteiger partial charge in [-0.3, -0.25) is 9.59 Å². The van der Waals surface area contributed by atoms with Crippen LogP contribution in [0.25, 0.3) is 0 Å². The average Bonchev–Trinajstić information content (AvgIpc) is 2.84. The molecule has 1 aromatic rings. The van der Waals surface area contributed by atoms with Crippen molar-refractivity contribution in [1.82, 2.24) is 0 Å². The molecule has 4 nitrogen and oxygen atoms in total. The number of hydrogen-bond donors (Lipinski definition) is 2. The third-order valence-corrected chi connectivity index (χ3v) is 4.76. The van der Waals surface area contributed by atoms with E-state index in [9.17, 15) is 9.59 Å². The number of anilines is 1. The minimum Gasteiger partial charge on any atom is -0.481 e. The van der Waals surface area contributed by atoms with Crippen LogP contribution in [0.2, 0.25) is 5.02 Å².